The maximum absolute atomic E-state index is 9.33. The highest BCUT2D eigenvalue weighted by Gasteiger charge is 2.32. The van der Waals surface area contributed by atoms with Crippen molar-refractivity contribution in [2.24, 2.45) is 0 Å². The molecule has 26 heavy (non-hydrogen) atoms. The van der Waals surface area contributed by atoms with Gasteiger partial charge in [0.05, 0.1) is 17.8 Å². The second-order valence-electron chi connectivity index (χ2n) is 7.76. The predicted octanol–water partition coefficient (Wildman–Crippen LogP) is 3.73. The molecule has 0 spiro atoms. The number of hydrogen-bond acceptors (Lipinski definition) is 4. The largest absolute Gasteiger partial charge is 0.399 e. The molecule has 1 unspecified atom stereocenters. The van der Waals surface area contributed by atoms with E-state index in [9.17, 15) is 5.26 Å². The minimum Gasteiger partial charge on any atom is -0.399 e. The third-order valence-corrected chi connectivity index (χ3v) is 5.96. The van der Waals surface area contributed by atoms with Gasteiger partial charge < -0.3 is 10.6 Å². The molecule has 1 aliphatic carbocycles. The number of nitriles is 1. The summed E-state index contributed by atoms with van der Waals surface area (Å²) in [6.45, 7) is 2.24. The number of piperidine rings is 1. The Labute approximate surface area is 155 Å². The first kappa shape index (κ1) is 17.1. The van der Waals surface area contributed by atoms with Gasteiger partial charge in [0.1, 0.15) is 0 Å². The maximum Gasteiger partial charge on any atom is 0.0962 e. The summed E-state index contributed by atoms with van der Waals surface area (Å²) in [5.41, 5.74) is 11.6. The normalized spacial score (nSPS) is 21.3. The Morgan fingerprint density at radius 1 is 1.27 bits per heavy atom. The summed E-state index contributed by atoms with van der Waals surface area (Å²) in [4.78, 5) is 2.39. The highest BCUT2D eigenvalue weighted by Crippen LogP contribution is 2.42. The highest BCUT2D eigenvalue weighted by molar-refractivity contribution is 5.69. The van der Waals surface area contributed by atoms with Crippen LogP contribution in [0.15, 0.2) is 24.3 Å². The van der Waals surface area contributed by atoms with Gasteiger partial charge >= 0.3 is 0 Å². The van der Waals surface area contributed by atoms with E-state index in [1.165, 1.54) is 11.3 Å². The first-order valence-corrected chi connectivity index (χ1v) is 9.70. The standard InChI is InChI=1S/C21H27N5/c1-25-12-9-18(10-13-25)26-19-7-3-4-15(8-11-22)20(19)21(24-26)16-5-2-6-17(23)14-16/h2,5-6,14-15,18H,3-4,7-10,12-13,23H2,1H3. The fourth-order valence-electron chi connectivity index (χ4n) is 4.58. The monoisotopic (exact) mass is 349 g/mol. The first-order valence-electron chi connectivity index (χ1n) is 9.70. The smallest absolute Gasteiger partial charge is 0.0962 e. The Morgan fingerprint density at radius 3 is 2.81 bits per heavy atom. The van der Waals surface area contributed by atoms with E-state index in [1.54, 1.807) is 0 Å². The number of likely N-dealkylation sites (tertiary alicyclic amines) is 1. The highest BCUT2D eigenvalue weighted by atomic mass is 15.3. The number of hydrogen-bond donors (Lipinski definition) is 1. The number of nitrogens with zero attached hydrogens (tertiary/aromatic N) is 4. The average Bonchev–Trinajstić information content (AvgIpc) is 3.03. The van der Waals surface area contributed by atoms with Crippen LogP contribution in [-0.2, 0) is 6.42 Å². The van der Waals surface area contributed by atoms with Crippen molar-refractivity contribution in [1.82, 2.24) is 14.7 Å². The Morgan fingerprint density at radius 2 is 2.08 bits per heavy atom. The summed E-state index contributed by atoms with van der Waals surface area (Å²) < 4.78 is 2.31. The Hall–Kier alpha value is -2.32. The van der Waals surface area contributed by atoms with Gasteiger partial charge in [-0.1, -0.05) is 12.1 Å². The van der Waals surface area contributed by atoms with Crippen molar-refractivity contribution >= 4 is 5.69 Å². The van der Waals surface area contributed by atoms with Crippen LogP contribution in [0.1, 0.15) is 55.3 Å². The lowest BCUT2D eigenvalue weighted by Crippen LogP contribution is -2.32. The molecule has 1 saturated heterocycles. The second-order valence-corrected chi connectivity index (χ2v) is 7.76. The van der Waals surface area contributed by atoms with Crippen LogP contribution in [0.3, 0.4) is 0 Å². The second kappa shape index (κ2) is 7.13. The van der Waals surface area contributed by atoms with Gasteiger partial charge in [-0.15, -0.1) is 0 Å². The molecule has 0 saturated carbocycles. The van der Waals surface area contributed by atoms with Crippen LogP contribution in [0.4, 0.5) is 5.69 Å². The molecule has 2 heterocycles. The zero-order valence-corrected chi connectivity index (χ0v) is 15.5. The molecular weight excluding hydrogens is 322 g/mol. The number of nitrogen functional groups attached to an aromatic ring is 1. The molecule has 0 bridgehead atoms. The van der Waals surface area contributed by atoms with Gasteiger partial charge in [0.2, 0.25) is 0 Å². The summed E-state index contributed by atoms with van der Waals surface area (Å²) in [5, 5.41) is 14.4. The third-order valence-electron chi connectivity index (χ3n) is 5.96. The Balaban J connectivity index is 1.81. The van der Waals surface area contributed by atoms with Crippen molar-refractivity contribution < 1.29 is 0 Å². The summed E-state index contributed by atoms with van der Waals surface area (Å²) in [5.74, 6) is 0.292. The van der Waals surface area contributed by atoms with Crippen molar-refractivity contribution in [2.45, 2.75) is 50.5 Å². The van der Waals surface area contributed by atoms with Crippen molar-refractivity contribution in [3.8, 4) is 17.3 Å². The number of aromatic nitrogens is 2. The van der Waals surface area contributed by atoms with Crippen LogP contribution >= 0.6 is 0 Å². The molecule has 5 heteroatoms. The van der Waals surface area contributed by atoms with Crippen LogP contribution in [0, 0.1) is 11.3 Å². The molecule has 2 aromatic rings. The van der Waals surface area contributed by atoms with Crippen LogP contribution < -0.4 is 5.73 Å². The maximum atomic E-state index is 9.33. The van der Waals surface area contributed by atoms with Crippen molar-refractivity contribution in [3.05, 3.63) is 35.5 Å². The topological polar surface area (TPSA) is 70.9 Å². The lowest BCUT2D eigenvalue weighted by molar-refractivity contribution is 0.209. The van der Waals surface area contributed by atoms with E-state index in [4.69, 9.17) is 10.8 Å². The minimum atomic E-state index is 0.292. The summed E-state index contributed by atoms with van der Waals surface area (Å²) >= 11 is 0. The Kier molecular flexibility index (Phi) is 4.69. The third kappa shape index (κ3) is 3.10. The molecule has 0 amide bonds. The number of fused-ring (bicyclic) bond motifs is 1. The van der Waals surface area contributed by atoms with Gasteiger partial charge in [0.25, 0.3) is 0 Å². The van der Waals surface area contributed by atoms with Gasteiger partial charge in [-0.3, -0.25) is 4.68 Å². The van der Waals surface area contributed by atoms with Crippen LogP contribution in [0.2, 0.25) is 0 Å². The fourth-order valence-corrected chi connectivity index (χ4v) is 4.58. The van der Waals surface area contributed by atoms with Gasteiger partial charge in [-0.2, -0.15) is 10.4 Å². The van der Waals surface area contributed by atoms with Crippen LogP contribution in [-0.4, -0.2) is 34.8 Å². The summed E-state index contributed by atoms with van der Waals surface area (Å²) in [6.07, 6.45) is 6.15. The lowest BCUT2D eigenvalue weighted by Gasteiger charge is -2.31. The van der Waals surface area contributed by atoms with Gasteiger partial charge in [0, 0.05) is 34.8 Å². The van der Waals surface area contributed by atoms with Crippen molar-refractivity contribution in [3.63, 3.8) is 0 Å². The molecule has 1 fully saturated rings. The van der Waals surface area contributed by atoms with E-state index in [0.717, 1.165) is 62.1 Å². The summed E-state index contributed by atoms with van der Waals surface area (Å²) in [6, 6.07) is 10.9. The van der Waals surface area contributed by atoms with Crippen LogP contribution in [0.25, 0.3) is 11.3 Å². The molecular formula is C21H27N5. The van der Waals surface area contributed by atoms with E-state index in [-0.39, 0.29) is 0 Å². The van der Waals surface area contributed by atoms with Gasteiger partial charge in [0.15, 0.2) is 0 Å². The summed E-state index contributed by atoms with van der Waals surface area (Å²) in [7, 11) is 2.19. The van der Waals surface area contributed by atoms with Gasteiger partial charge in [-0.05, 0) is 64.4 Å². The minimum absolute atomic E-state index is 0.292. The van der Waals surface area contributed by atoms with E-state index in [2.05, 4.69) is 28.8 Å². The van der Waals surface area contributed by atoms with E-state index in [1.807, 2.05) is 18.2 Å². The number of nitrogens with two attached hydrogens (primary N) is 1. The molecule has 1 aromatic heterocycles. The lowest BCUT2D eigenvalue weighted by atomic mass is 9.82. The van der Waals surface area contributed by atoms with E-state index < -0.39 is 0 Å². The zero-order valence-electron chi connectivity index (χ0n) is 15.5. The van der Waals surface area contributed by atoms with Crippen LogP contribution in [0.5, 0.6) is 0 Å². The molecule has 1 aromatic carbocycles. The molecule has 136 valence electrons. The number of anilines is 1. The number of rotatable bonds is 3. The van der Waals surface area contributed by atoms with E-state index in [0.29, 0.717) is 18.4 Å². The number of benzene rings is 1. The molecule has 5 nitrogen and oxygen atoms in total. The molecule has 1 atom stereocenters. The molecule has 4 rings (SSSR count). The zero-order chi connectivity index (χ0) is 18.1. The van der Waals surface area contributed by atoms with Crippen molar-refractivity contribution in [2.75, 3.05) is 25.9 Å². The molecule has 2 aliphatic rings. The first-order chi connectivity index (χ1) is 12.7. The van der Waals surface area contributed by atoms with E-state index >= 15 is 0 Å². The predicted molar refractivity (Wildman–Crippen MR) is 104 cm³/mol. The van der Waals surface area contributed by atoms with Gasteiger partial charge in [-0.25, -0.2) is 0 Å². The quantitative estimate of drug-likeness (QED) is 0.857. The molecule has 1 aliphatic heterocycles. The molecule has 0 radical (unpaired) electrons. The van der Waals surface area contributed by atoms with Crippen molar-refractivity contribution in [1.29, 1.82) is 5.26 Å². The SMILES string of the molecule is CN1CCC(n2nc(-c3cccc(N)c3)c3c2CCCC3CC#N)CC1. The molecule has 2 N–H and O–H groups in total. The fraction of sp³-hybridized carbons (Fsp3) is 0.524. The Bertz CT molecular complexity index is 823. The average molecular weight is 349 g/mol.